The van der Waals surface area contributed by atoms with E-state index in [1.54, 1.807) is 0 Å². The molecule has 6 nitrogen and oxygen atoms in total. The second kappa shape index (κ2) is 5.87. The molecule has 0 unspecified atom stereocenters. The average molecular weight is 351 g/mol. The lowest BCUT2D eigenvalue weighted by atomic mass is 10.1. The van der Waals surface area contributed by atoms with E-state index in [0.717, 1.165) is 10.0 Å². The van der Waals surface area contributed by atoms with Crippen molar-refractivity contribution in [1.82, 2.24) is 9.97 Å². The first kappa shape index (κ1) is 14.1. The Kier molecular flexibility index (Phi) is 3.94. The average Bonchev–Trinajstić information content (AvgIpc) is 2.47. The van der Waals surface area contributed by atoms with Crippen LogP contribution in [0, 0.1) is 0 Å². The number of aromatic amines is 1. The highest BCUT2D eigenvalue weighted by atomic mass is 79.9. The van der Waals surface area contributed by atoms with Gasteiger partial charge < -0.3 is 15.4 Å². The predicted octanol–water partition coefficient (Wildman–Crippen LogP) is 1.62. The van der Waals surface area contributed by atoms with Gasteiger partial charge in [-0.05, 0) is 17.7 Å². The van der Waals surface area contributed by atoms with Crippen LogP contribution in [-0.4, -0.2) is 36.3 Å². The predicted molar refractivity (Wildman–Crippen MR) is 85.4 cm³/mol. The highest BCUT2D eigenvalue weighted by molar-refractivity contribution is 9.10. The molecule has 1 aromatic heterocycles. The number of ether oxygens (including phenoxy) is 1. The number of benzene rings is 1. The summed E-state index contributed by atoms with van der Waals surface area (Å²) in [4.78, 5) is 21.5. The van der Waals surface area contributed by atoms with Gasteiger partial charge in [0.2, 0.25) is 5.95 Å². The molecular weight excluding hydrogens is 336 g/mol. The van der Waals surface area contributed by atoms with Crippen molar-refractivity contribution in [3.8, 4) is 11.1 Å². The van der Waals surface area contributed by atoms with Crippen molar-refractivity contribution in [2.75, 3.05) is 36.9 Å². The zero-order chi connectivity index (χ0) is 14.8. The largest absolute Gasteiger partial charge is 0.383 e. The summed E-state index contributed by atoms with van der Waals surface area (Å²) in [5, 5.41) is 0. The molecule has 0 atom stereocenters. The van der Waals surface area contributed by atoms with Crippen LogP contribution in [-0.2, 0) is 4.74 Å². The molecule has 0 spiro atoms. The molecule has 2 aromatic rings. The number of nitrogens with one attached hydrogen (secondary N) is 1. The second-order valence-corrected chi connectivity index (χ2v) is 5.68. The Morgan fingerprint density at radius 1 is 1.33 bits per heavy atom. The van der Waals surface area contributed by atoms with E-state index in [2.05, 4.69) is 25.9 Å². The molecule has 110 valence electrons. The van der Waals surface area contributed by atoms with Gasteiger partial charge in [-0.1, -0.05) is 28.1 Å². The second-order valence-electron chi connectivity index (χ2n) is 4.76. The fourth-order valence-corrected chi connectivity index (χ4v) is 2.73. The summed E-state index contributed by atoms with van der Waals surface area (Å²) >= 11 is 3.39. The van der Waals surface area contributed by atoms with Crippen molar-refractivity contribution in [1.29, 1.82) is 0 Å². The number of morpholine rings is 1. The molecule has 0 saturated carbocycles. The Hall–Kier alpha value is -1.86. The third-order valence-corrected chi connectivity index (χ3v) is 3.85. The first-order valence-corrected chi connectivity index (χ1v) is 7.43. The number of nitrogens with two attached hydrogens (primary N) is 1. The Bertz CT molecular complexity index is 710. The van der Waals surface area contributed by atoms with E-state index in [9.17, 15) is 4.79 Å². The monoisotopic (exact) mass is 350 g/mol. The van der Waals surface area contributed by atoms with E-state index in [1.165, 1.54) is 0 Å². The van der Waals surface area contributed by atoms with E-state index in [-0.39, 0.29) is 11.4 Å². The van der Waals surface area contributed by atoms with Gasteiger partial charge in [-0.15, -0.1) is 0 Å². The van der Waals surface area contributed by atoms with Crippen molar-refractivity contribution in [3.05, 3.63) is 39.1 Å². The summed E-state index contributed by atoms with van der Waals surface area (Å²) < 4.78 is 6.18. The standard InChI is InChI=1S/C14H15BrN4O2/c15-10-3-1-2-9(8-10)11-12(16)17-14(18-13(11)20)19-4-6-21-7-5-19/h1-3,8H,4-7H2,(H3,16,17,18,20). The molecule has 0 bridgehead atoms. The number of H-pyrrole nitrogens is 1. The van der Waals surface area contributed by atoms with Crippen LogP contribution in [0.25, 0.3) is 11.1 Å². The minimum Gasteiger partial charge on any atom is -0.383 e. The summed E-state index contributed by atoms with van der Waals surface area (Å²) in [6.07, 6.45) is 0. The molecule has 1 fully saturated rings. The van der Waals surface area contributed by atoms with E-state index < -0.39 is 0 Å². The van der Waals surface area contributed by atoms with E-state index in [4.69, 9.17) is 10.5 Å². The maximum Gasteiger partial charge on any atom is 0.262 e. The summed E-state index contributed by atoms with van der Waals surface area (Å²) in [5.41, 5.74) is 6.91. The Morgan fingerprint density at radius 2 is 2.10 bits per heavy atom. The fraction of sp³-hybridized carbons (Fsp3) is 0.286. The number of anilines is 2. The number of nitrogen functional groups attached to an aromatic ring is 1. The zero-order valence-electron chi connectivity index (χ0n) is 11.3. The smallest absolute Gasteiger partial charge is 0.262 e. The van der Waals surface area contributed by atoms with Gasteiger partial charge in [-0.2, -0.15) is 4.98 Å². The van der Waals surface area contributed by atoms with Gasteiger partial charge in [0.05, 0.1) is 18.8 Å². The fourth-order valence-electron chi connectivity index (χ4n) is 2.33. The third kappa shape index (κ3) is 2.93. The number of rotatable bonds is 2. The van der Waals surface area contributed by atoms with Gasteiger partial charge in [0.1, 0.15) is 5.82 Å². The van der Waals surface area contributed by atoms with Crippen molar-refractivity contribution in [3.63, 3.8) is 0 Å². The van der Waals surface area contributed by atoms with Gasteiger partial charge in [-0.25, -0.2) is 0 Å². The van der Waals surface area contributed by atoms with Crippen LogP contribution in [0.5, 0.6) is 0 Å². The van der Waals surface area contributed by atoms with Crippen LogP contribution < -0.4 is 16.2 Å². The molecule has 7 heteroatoms. The minimum absolute atomic E-state index is 0.234. The normalized spacial score (nSPS) is 15.2. The molecule has 3 rings (SSSR count). The maximum absolute atomic E-state index is 12.4. The molecular formula is C14H15BrN4O2. The molecule has 1 aliphatic heterocycles. The lowest BCUT2D eigenvalue weighted by Crippen LogP contribution is -2.38. The molecule has 2 heterocycles. The minimum atomic E-state index is -0.234. The SMILES string of the molecule is Nc1nc(N2CCOCC2)[nH]c(=O)c1-c1cccc(Br)c1. The van der Waals surface area contributed by atoms with E-state index in [0.29, 0.717) is 37.8 Å². The van der Waals surface area contributed by atoms with E-state index >= 15 is 0 Å². The van der Waals surface area contributed by atoms with Crippen LogP contribution in [0.1, 0.15) is 0 Å². The summed E-state index contributed by atoms with van der Waals surface area (Å²) in [6, 6.07) is 7.43. The molecule has 3 N–H and O–H groups in total. The summed E-state index contributed by atoms with van der Waals surface area (Å²) in [6.45, 7) is 2.63. The molecule has 21 heavy (non-hydrogen) atoms. The Labute approximate surface area is 130 Å². The molecule has 0 radical (unpaired) electrons. The van der Waals surface area contributed by atoms with Gasteiger partial charge in [0.25, 0.3) is 5.56 Å². The number of halogens is 1. The van der Waals surface area contributed by atoms with Gasteiger partial charge >= 0.3 is 0 Å². The molecule has 0 aliphatic carbocycles. The molecule has 1 aromatic carbocycles. The number of hydrogen-bond acceptors (Lipinski definition) is 5. The van der Waals surface area contributed by atoms with Gasteiger partial charge in [-0.3, -0.25) is 9.78 Å². The number of aromatic nitrogens is 2. The topological polar surface area (TPSA) is 84.2 Å². The highest BCUT2D eigenvalue weighted by Gasteiger charge is 2.17. The van der Waals surface area contributed by atoms with Crippen molar-refractivity contribution in [2.24, 2.45) is 0 Å². The Morgan fingerprint density at radius 3 is 2.76 bits per heavy atom. The van der Waals surface area contributed by atoms with Crippen molar-refractivity contribution >= 4 is 27.7 Å². The lowest BCUT2D eigenvalue weighted by molar-refractivity contribution is 0.122. The van der Waals surface area contributed by atoms with Crippen LogP contribution in [0.15, 0.2) is 33.5 Å². The van der Waals surface area contributed by atoms with Crippen molar-refractivity contribution in [2.45, 2.75) is 0 Å². The molecule has 1 aliphatic rings. The van der Waals surface area contributed by atoms with E-state index in [1.807, 2.05) is 29.2 Å². The van der Waals surface area contributed by atoms with Crippen LogP contribution in [0.3, 0.4) is 0 Å². The first-order valence-electron chi connectivity index (χ1n) is 6.63. The van der Waals surface area contributed by atoms with Crippen molar-refractivity contribution < 1.29 is 4.74 Å². The highest BCUT2D eigenvalue weighted by Crippen LogP contribution is 2.24. The molecule has 0 amide bonds. The number of nitrogens with zero attached hydrogens (tertiary/aromatic N) is 2. The zero-order valence-corrected chi connectivity index (χ0v) is 12.9. The summed E-state index contributed by atoms with van der Waals surface area (Å²) in [7, 11) is 0. The quantitative estimate of drug-likeness (QED) is 0.859. The lowest BCUT2D eigenvalue weighted by Gasteiger charge is -2.27. The first-order chi connectivity index (χ1) is 10.1. The van der Waals surface area contributed by atoms with Gasteiger partial charge in [0, 0.05) is 17.6 Å². The van der Waals surface area contributed by atoms with Crippen LogP contribution >= 0.6 is 15.9 Å². The third-order valence-electron chi connectivity index (χ3n) is 3.36. The molecule has 1 saturated heterocycles. The van der Waals surface area contributed by atoms with Crippen LogP contribution in [0.4, 0.5) is 11.8 Å². The van der Waals surface area contributed by atoms with Gasteiger partial charge in [0.15, 0.2) is 0 Å². The van der Waals surface area contributed by atoms with Crippen LogP contribution in [0.2, 0.25) is 0 Å². The Balaban J connectivity index is 2.02. The summed E-state index contributed by atoms with van der Waals surface area (Å²) in [5.74, 6) is 0.734. The number of hydrogen-bond donors (Lipinski definition) is 2. The maximum atomic E-state index is 12.4.